The van der Waals surface area contributed by atoms with E-state index in [9.17, 15) is 0 Å². The lowest BCUT2D eigenvalue weighted by molar-refractivity contribution is 0.445. The van der Waals surface area contributed by atoms with E-state index in [0.717, 1.165) is 6.42 Å². The molecule has 0 fully saturated rings. The Bertz CT molecular complexity index is 394. The first kappa shape index (κ1) is 11.6. The predicted octanol–water partition coefficient (Wildman–Crippen LogP) is 3.22. The molecule has 1 aliphatic heterocycles. The summed E-state index contributed by atoms with van der Waals surface area (Å²) in [6, 6.07) is 9.53. The van der Waals surface area contributed by atoms with E-state index in [-0.39, 0.29) is 0 Å². The number of benzene rings is 1. The minimum Gasteiger partial charge on any atom is -0.306 e. The third kappa shape index (κ3) is 2.61. The van der Waals surface area contributed by atoms with Crippen molar-refractivity contribution >= 4 is 11.8 Å². The number of thioether (sulfide) groups is 1. The van der Waals surface area contributed by atoms with Gasteiger partial charge in [-0.3, -0.25) is 0 Å². The molecule has 0 bridgehead atoms. The molecule has 0 amide bonds. The molecule has 0 saturated carbocycles. The molecular weight excluding hydrogens is 214 g/mol. The summed E-state index contributed by atoms with van der Waals surface area (Å²) in [6.07, 6.45) is 7.32. The SMILES string of the molecule is C#CCC(C)NC1CCSc2ccccc21. The van der Waals surface area contributed by atoms with E-state index in [1.54, 1.807) is 0 Å². The lowest BCUT2D eigenvalue weighted by Crippen LogP contribution is -2.32. The molecule has 1 N–H and O–H groups in total. The van der Waals surface area contributed by atoms with Gasteiger partial charge in [0.05, 0.1) is 0 Å². The first-order chi connectivity index (χ1) is 7.81. The molecule has 0 aromatic heterocycles. The average Bonchev–Trinajstić information content (AvgIpc) is 2.30. The second-order valence-corrected chi connectivity index (χ2v) is 5.34. The molecule has 16 heavy (non-hydrogen) atoms. The van der Waals surface area contributed by atoms with Crippen LogP contribution in [0, 0.1) is 12.3 Å². The highest BCUT2D eigenvalue weighted by Gasteiger charge is 2.20. The van der Waals surface area contributed by atoms with Crippen LogP contribution in [0.3, 0.4) is 0 Å². The topological polar surface area (TPSA) is 12.0 Å². The zero-order chi connectivity index (χ0) is 11.4. The maximum atomic E-state index is 5.34. The van der Waals surface area contributed by atoms with Gasteiger partial charge in [-0.15, -0.1) is 24.1 Å². The van der Waals surface area contributed by atoms with Crippen LogP contribution < -0.4 is 5.32 Å². The van der Waals surface area contributed by atoms with Crippen LogP contribution >= 0.6 is 11.8 Å². The molecule has 84 valence electrons. The van der Waals surface area contributed by atoms with Gasteiger partial charge < -0.3 is 5.32 Å². The highest BCUT2D eigenvalue weighted by molar-refractivity contribution is 7.99. The molecule has 2 atom stereocenters. The number of nitrogens with one attached hydrogen (secondary N) is 1. The van der Waals surface area contributed by atoms with Crippen molar-refractivity contribution in [1.29, 1.82) is 0 Å². The smallest absolute Gasteiger partial charge is 0.0341 e. The highest BCUT2D eigenvalue weighted by atomic mass is 32.2. The Morgan fingerprint density at radius 2 is 2.38 bits per heavy atom. The van der Waals surface area contributed by atoms with Crippen LogP contribution in [-0.2, 0) is 0 Å². The van der Waals surface area contributed by atoms with Crippen molar-refractivity contribution in [3.05, 3.63) is 29.8 Å². The van der Waals surface area contributed by atoms with Crippen LogP contribution in [-0.4, -0.2) is 11.8 Å². The van der Waals surface area contributed by atoms with Crippen LogP contribution in [0.2, 0.25) is 0 Å². The Kier molecular flexibility index (Phi) is 3.93. The molecule has 1 nitrogen and oxygen atoms in total. The van der Waals surface area contributed by atoms with Gasteiger partial charge in [0.1, 0.15) is 0 Å². The number of terminal acetylenes is 1. The highest BCUT2D eigenvalue weighted by Crippen LogP contribution is 2.35. The molecular formula is C14H17NS. The number of hydrogen-bond donors (Lipinski definition) is 1. The largest absolute Gasteiger partial charge is 0.306 e. The molecule has 1 heterocycles. The Morgan fingerprint density at radius 3 is 3.19 bits per heavy atom. The summed E-state index contributed by atoms with van der Waals surface area (Å²) in [5.41, 5.74) is 1.43. The molecule has 1 aromatic rings. The maximum Gasteiger partial charge on any atom is 0.0341 e. The molecule has 0 saturated heterocycles. The third-order valence-corrected chi connectivity index (χ3v) is 3.99. The van der Waals surface area contributed by atoms with Gasteiger partial charge >= 0.3 is 0 Å². The van der Waals surface area contributed by atoms with Crippen LogP contribution in [0.4, 0.5) is 0 Å². The fourth-order valence-corrected chi connectivity index (χ4v) is 3.22. The minimum absolute atomic E-state index is 0.395. The quantitative estimate of drug-likeness (QED) is 0.802. The summed E-state index contributed by atoms with van der Waals surface area (Å²) in [7, 11) is 0. The van der Waals surface area contributed by atoms with Crippen molar-refractivity contribution in [2.75, 3.05) is 5.75 Å². The van der Waals surface area contributed by atoms with Crippen LogP contribution in [0.25, 0.3) is 0 Å². The van der Waals surface area contributed by atoms with Crippen molar-refractivity contribution in [2.24, 2.45) is 0 Å². The Labute approximate surface area is 102 Å². The van der Waals surface area contributed by atoms with Crippen LogP contribution in [0.1, 0.15) is 31.4 Å². The molecule has 2 rings (SSSR count). The van der Waals surface area contributed by atoms with E-state index < -0.39 is 0 Å². The van der Waals surface area contributed by atoms with E-state index in [4.69, 9.17) is 6.42 Å². The number of rotatable bonds is 3. The van der Waals surface area contributed by atoms with Gasteiger partial charge in [-0.1, -0.05) is 18.2 Å². The van der Waals surface area contributed by atoms with E-state index in [1.165, 1.54) is 22.6 Å². The lowest BCUT2D eigenvalue weighted by atomic mass is 10.0. The van der Waals surface area contributed by atoms with Gasteiger partial charge in [0.15, 0.2) is 0 Å². The monoisotopic (exact) mass is 231 g/mol. The summed E-state index contributed by atoms with van der Waals surface area (Å²) >= 11 is 1.95. The molecule has 2 unspecified atom stereocenters. The lowest BCUT2D eigenvalue weighted by Gasteiger charge is -2.28. The maximum absolute atomic E-state index is 5.34. The summed E-state index contributed by atoms with van der Waals surface area (Å²) in [5, 5.41) is 3.62. The molecule has 1 aliphatic rings. The van der Waals surface area contributed by atoms with E-state index in [0.29, 0.717) is 12.1 Å². The fourth-order valence-electron chi connectivity index (χ4n) is 2.09. The third-order valence-electron chi connectivity index (χ3n) is 2.87. The molecule has 0 aliphatic carbocycles. The zero-order valence-electron chi connectivity index (χ0n) is 9.57. The van der Waals surface area contributed by atoms with Gasteiger partial charge in [-0.05, 0) is 30.7 Å². The fraction of sp³-hybridized carbons (Fsp3) is 0.429. The summed E-state index contributed by atoms with van der Waals surface area (Å²) in [6.45, 7) is 2.16. The Hall–Kier alpha value is -0.910. The summed E-state index contributed by atoms with van der Waals surface area (Å²) in [5.74, 6) is 3.91. The van der Waals surface area contributed by atoms with Gasteiger partial charge in [0.25, 0.3) is 0 Å². The zero-order valence-corrected chi connectivity index (χ0v) is 10.4. The number of hydrogen-bond acceptors (Lipinski definition) is 2. The summed E-state index contributed by atoms with van der Waals surface area (Å²) in [4.78, 5) is 1.42. The predicted molar refractivity (Wildman–Crippen MR) is 70.6 cm³/mol. The normalized spacial score (nSPS) is 20.9. The molecule has 1 aromatic carbocycles. The van der Waals surface area contributed by atoms with Crippen molar-refractivity contribution in [1.82, 2.24) is 5.32 Å². The molecule has 0 radical (unpaired) electrons. The second-order valence-electron chi connectivity index (χ2n) is 4.20. The van der Waals surface area contributed by atoms with Gasteiger partial charge in [0.2, 0.25) is 0 Å². The summed E-state index contributed by atoms with van der Waals surface area (Å²) < 4.78 is 0. The van der Waals surface area contributed by atoms with Crippen LogP contribution in [0.15, 0.2) is 29.2 Å². The number of fused-ring (bicyclic) bond motifs is 1. The van der Waals surface area contributed by atoms with Crippen molar-refractivity contribution in [3.8, 4) is 12.3 Å². The second kappa shape index (κ2) is 5.43. The van der Waals surface area contributed by atoms with Crippen molar-refractivity contribution < 1.29 is 0 Å². The van der Waals surface area contributed by atoms with Gasteiger partial charge in [0, 0.05) is 23.4 Å². The minimum atomic E-state index is 0.395. The molecule has 2 heteroatoms. The van der Waals surface area contributed by atoms with E-state index in [2.05, 4.69) is 42.4 Å². The Balaban J connectivity index is 2.10. The van der Waals surface area contributed by atoms with Crippen LogP contribution in [0.5, 0.6) is 0 Å². The van der Waals surface area contributed by atoms with Gasteiger partial charge in [-0.2, -0.15) is 0 Å². The van der Waals surface area contributed by atoms with E-state index >= 15 is 0 Å². The van der Waals surface area contributed by atoms with E-state index in [1.807, 2.05) is 11.8 Å². The van der Waals surface area contributed by atoms with Crippen molar-refractivity contribution in [2.45, 2.75) is 36.7 Å². The first-order valence-electron chi connectivity index (χ1n) is 5.72. The van der Waals surface area contributed by atoms with Gasteiger partial charge in [-0.25, -0.2) is 0 Å². The first-order valence-corrected chi connectivity index (χ1v) is 6.71. The standard InChI is InChI=1S/C14H17NS/c1-3-6-11(2)15-13-9-10-16-14-8-5-4-7-12(13)14/h1,4-5,7-8,11,13,15H,6,9-10H2,2H3. The molecule has 0 spiro atoms. The average molecular weight is 231 g/mol. The Morgan fingerprint density at radius 1 is 1.56 bits per heavy atom. The van der Waals surface area contributed by atoms with Crippen molar-refractivity contribution in [3.63, 3.8) is 0 Å².